The van der Waals surface area contributed by atoms with Crippen LogP contribution < -0.4 is 4.90 Å². The predicted molar refractivity (Wildman–Crippen MR) is 72.7 cm³/mol. The average molecular weight is 286 g/mol. The fourth-order valence-electron chi connectivity index (χ4n) is 2.18. The van der Waals surface area contributed by atoms with Gasteiger partial charge in [-0.25, -0.2) is 4.98 Å². The summed E-state index contributed by atoms with van der Waals surface area (Å²) < 4.78 is 5.31. The second-order valence-electron chi connectivity index (χ2n) is 4.70. The van der Waals surface area contributed by atoms with E-state index in [-0.39, 0.29) is 10.8 Å². The number of rotatable bonds is 4. The van der Waals surface area contributed by atoms with Crippen LogP contribution in [0.3, 0.4) is 0 Å². The zero-order chi connectivity index (χ0) is 13.8. The van der Waals surface area contributed by atoms with Crippen molar-refractivity contribution in [2.45, 2.75) is 12.8 Å². The number of hydrogen-bond donors (Lipinski definition) is 0. The number of anilines is 1. The highest BCUT2D eigenvalue weighted by molar-refractivity contribution is 6.29. The van der Waals surface area contributed by atoms with Crippen molar-refractivity contribution in [1.29, 1.82) is 0 Å². The Morgan fingerprint density at radius 1 is 1.53 bits per heavy atom. The van der Waals surface area contributed by atoms with E-state index in [1.54, 1.807) is 0 Å². The zero-order valence-corrected chi connectivity index (χ0v) is 11.5. The van der Waals surface area contributed by atoms with Crippen molar-refractivity contribution < 1.29 is 9.66 Å². The summed E-state index contributed by atoms with van der Waals surface area (Å²) in [7, 11) is 1.87. The van der Waals surface area contributed by atoms with E-state index in [0.717, 1.165) is 32.6 Å². The number of halogens is 1. The third kappa shape index (κ3) is 3.78. The Morgan fingerprint density at radius 2 is 2.21 bits per heavy atom. The molecule has 0 unspecified atom stereocenters. The van der Waals surface area contributed by atoms with Gasteiger partial charge in [-0.05, 0) is 18.8 Å². The number of hydrogen-bond acceptors (Lipinski definition) is 5. The molecule has 1 aromatic heterocycles. The molecule has 0 N–H and O–H groups in total. The molecule has 0 radical (unpaired) electrons. The first-order valence-electron chi connectivity index (χ1n) is 6.17. The van der Waals surface area contributed by atoms with Gasteiger partial charge in [0, 0.05) is 26.8 Å². The topological polar surface area (TPSA) is 68.5 Å². The van der Waals surface area contributed by atoms with Crippen LogP contribution in [-0.2, 0) is 4.74 Å². The molecule has 1 saturated heterocycles. The van der Waals surface area contributed by atoms with E-state index < -0.39 is 4.92 Å². The summed E-state index contributed by atoms with van der Waals surface area (Å²) in [6.45, 7) is 2.36. The Hall–Kier alpha value is -1.40. The van der Waals surface area contributed by atoms with Gasteiger partial charge in [-0.3, -0.25) is 10.1 Å². The third-order valence-electron chi connectivity index (χ3n) is 3.24. The normalized spacial score (nSPS) is 16.3. The SMILES string of the molecule is CN(CC1CCOCC1)c1cc([N+](=O)[O-])cc(Cl)n1. The van der Waals surface area contributed by atoms with Crippen molar-refractivity contribution in [2.24, 2.45) is 5.92 Å². The van der Waals surface area contributed by atoms with Gasteiger partial charge in [0.1, 0.15) is 11.0 Å². The van der Waals surface area contributed by atoms with Crippen molar-refractivity contribution >= 4 is 23.1 Å². The van der Waals surface area contributed by atoms with Gasteiger partial charge in [0.15, 0.2) is 0 Å². The van der Waals surface area contributed by atoms with Crippen molar-refractivity contribution in [3.05, 3.63) is 27.4 Å². The summed E-state index contributed by atoms with van der Waals surface area (Å²) in [5.41, 5.74) is -0.0335. The molecule has 2 heterocycles. The van der Waals surface area contributed by atoms with Gasteiger partial charge in [0.25, 0.3) is 5.69 Å². The van der Waals surface area contributed by atoms with Crippen LogP contribution >= 0.6 is 11.6 Å². The van der Waals surface area contributed by atoms with Gasteiger partial charge in [-0.1, -0.05) is 11.6 Å². The molecule has 1 aliphatic heterocycles. The smallest absolute Gasteiger partial charge is 0.276 e. The molecule has 0 amide bonds. The molecule has 0 saturated carbocycles. The molecule has 104 valence electrons. The Bertz CT molecular complexity index is 464. The maximum Gasteiger partial charge on any atom is 0.276 e. The number of pyridine rings is 1. The van der Waals surface area contributed by atoms with Crippen LogP contribution in [0.5, 0.6) is 0 Å². The van der Waals surface area contributed by atoms with Gasteiger partial charge >= 0.3 is 0 Å². The van der Waals surface area contributed by atoms with Crippen LogP contribution in [0.25, 0.3) is 0 Å². The predicted octanol–water partition coefficient (Wildman–Crippen LogP) is 2.51. The lowest BCUT2D eigenvalue weighted by Gasteiger charge is -2.27. The Morgan fingerprint density at radius 3 is 2.84 bits per heavy atom. The van der Waals surface area contributed by atoms with E-state index in [9.17, 15) is 10.1 Å². The molecule has 2 rings (SSSR count). The molecule has 0 spiro atoms. The summed E-state index contributed by atoms with van der Waals surface area (Å²) in [6, 6.07) is 2.71. The van der Waals surface area contributed by atoms with Gasteiger partial charge in [-0.15, -0.1) is 0 Å². The van der Waals surface area contributed by atoms with Crippen molar-refractivity contribution in [1.82, 2.24) is 4.98 Å². The molecular weight excluding hydrogens is 270 g/mol. The maximum absolute atomic E-state index is 10.8. The van der Waals surface area contributed by atoms with Crippen molar-refractivity contribution in [2.75, 3.05) is 31.7 Å². The lowest BCUT2D eigenvalue weighted by Crippen LogP contribution is -2.30. The first-order chi connectivity index (χ1) is 9.06. The van der Waals surface area contributed by atoms with Crippen LogP contribution in [-0.4, -0.2) is 36.7 Å². The van der Waals surface area contributed by atoms with Crippen molar-refractivity contribution in [3.63, 3.8) is 0 Å². The highest BCUT2D eigenvalue weighted by atomic mass is 35.5. The quantitative estimate of drug-likeness (QED) is 0.483. The molecule has 1 aromatic rings. The summed E-state index contributed by atoms with van der Waals surface area (Å²) in [5, 5.41) is 10.9. The molecule has 19 heavy (non-hydrogen) atoms. The molecule has 0 aliphatic carbocycles. The van der Waals surface area contributed by atoms with Crippen LogP contribution in [0.4, 0.5) is 11.5 Å². The van der Waals surface area contributed by atoms with E-state index in [2.05, 4.69) is 4.98 Å². The largest absolute Gasteiger partial charge is 0.381 e. The fraction of sp³-hybridized carbons (Fsp3) is 0.583. The Kier molecular flexibility index (Phi) is 4.55. The number of aromatic nitrogens is 1. The molecule has 1 aliphatic rings. The van der Waals surface area contributed by atoms with Crippen molar-refractivity contribution in [3.8, 4) is 0 Å². The average Bonchev–Trinajstić information content (AvgIpc) is 2.39. The van der Waals surface area contributed by atoms with Gasteiger partial charge < -0.3 is 9.64 Å². The lowest BCUT2D eigenvalue weighted by molar-refractivity contribution is -0.384. The van der Waals surface area contributed by atoms with Gasteiger partial charge in [-0.2, -0.15) is 0 Å². The molecule has 0 bridgehead atoms. The summed E-state index contributed by atoms with van der Waals surface area (Å²) in [5.74, 6) is 1.06. The molecule has 6 nitrogen and oxygen atoms in total. The maximum atomic E-state index is 10.8. The van der Waals surface area contributed by atoms with Gasteiger partial charge in [0.05, 0.1) is 17.1 Å². The van der Waals surface area contributed by atoms with E-state index in [1.807, 2.05) is 11.9 Å². The minimum Gasteiger partial charge on any atom is -0.381 e. The monoisotopic (exact) mass is 285 g/mol. The zero-order valence-electron chi connectivity index (χ0n) is 10.7. The van der Waals surface area contributed by atoms with E-state index >= 15 is 0 Å². The number of nitro groups is 1. The van der Waals surface area contributed by atoms with E-state index in [0.29, 0.717) is 11.7 Å². The van der Waals surface area contributed by atoms with Crippen LogP contribution in [0, 0.1) is 16.0 Å². The van der Waals surface area contributed by atoms with Crippen LogP contribution in [0.2, 0.25) is 5.15 Å². The number of ether oxygens (including phenoxy) is 1. The van der Waals surface area contributed by atoms with E-state index in [4.69, 9.17) is 16.3 Å². The standard InChI is InChI=1S/C12H16ClN3O3/c1-15(8-9-2-4-19-5-3-9)12-7-10(16(17)18)6-11(13)14-12/h6-7,9H,2-5,8H2,1H3. The molecule has 1 fully saturated rings. The molecular formula is C12H16ClN3O3. The van der Waals surface area contributed by atoms with Crippen LogP contribution in [0.15, 0.2) is 12.1 Å². The summed E-state index contributed by atoms with van der Waals surface area (Å²) in [4.78, 5) is 16.4. The first kappa shape index (κ1) is 14.0. The third-order valence-corrected chi connectivity index (χ3v) is 3.43. The highest BCUT2D eigenvalue weighted by Crippen LogP contribution is 2.24. The minimum absolute atomic E-state index is 0.0335. The second kappa shape index (κ2) is 6.16. The van der Waals surface area contributed by atoms with Gasteiger partial charge in [0.2, 0.25) is 0 Å². The minimum atomic E-state index is -0.459. The Labute approximate surface area is 116 Å². The lowest BCUT2D eigenvalue weighted by atomic mass is 10.00. The van der Waals surface area contributed by atoms with Crippen LogP contribution in [0.1, 0.15) is 12.8 Å². The summed E-state index contributed by atoms with van der Waals surface area (Å²) >= 11 is 5.82. The highest BCUT2D eigenvalue weighted by Gasteiger charge is 2.18. The molecule has 7 heteroatoms. The molecule has 0 aromatic carbocycles. The first-order valence-corrected chi connectivity index (χ1v) is 6.55. The second-order valence-corrected chi connectivity index (χ2v) is 5.09. The summed E-state index contributed by atoms with van der Waals surface area (Å²) in [6.07, 6.45) is 2.01. The number of nitrogens with zero attached hydrogens (tertiary/aromatic N) is 3. The Balaban J connectivity index is 2.09. The fourth-order valence-corrected chi connectivity index (χ4v) is 2.38. The van der Waals surface area contributed by atoms with E-state index in [1.165, 1.54) is 12.1 Å². The molecule has 0 atom stereocenters.